The number of hydrazine groups is 1. The van der Waals surface area contributed by atoms with Crippen molar-refractivity contribution in [2.45, 2.75) is 33.4 Å². The van der Waals surface area contributed by atoms with Gasteiger partial charge in [0.25, 0.3) is 5.91 Å². The van der Waals surface area contributed by atoms with Gasteiger partial charge in [-0.05, 0) is 26.8 Å². The van der Waals surface area contributed by atoms with E-state index in [2.05, 4.69) is 5.43 Å². The molecule has 106 valence electrons. The van der Waals surface area contributed by atoms with E-state index in [0.29, 0.717) is 23.6 Å². The summed E-state index contributed by atoms with van der Waals surface area (Å²) < 4.78 is 5.49. The lowest BCUT2D eigenvalue weighted by molar-refractivity contribution is -0.119. The van der Waals surface area contributed by atoms with Crippen LogP contribution in [0, 0.1) is 6.92 Å². The van der Waals surface area contributed by atoms with Crippen LogP contribution in [0.4, 0.5) is 0 Å². The summed E-state index contributed by atoms with van der Waals surface area (Å²) in [6.07, 6.45) is 0. The highest BCUT2D eigenvalue weighted by molar-refractivity contribution is 5.94. The SMILES string of the molecule is Cc1oc(CN(CC(N)=O)C(C)C)cc1C(=O)NN. The van der Waals surface area contributed by atoms with Crippen molar-refractivity contribution in [1.29, 1.82) is 0 Å². The number of nitrogens with two attached hydrogens (primary N) is 2. The summed E-state index contributed by atoms with van der Waals surface area (Å²) in [4.78, 5) is 24.3. The lowest BCUT2D eigenvalue weighted by Crippen LogP contribution is -2.37. The Balaban J connectivity index is 2.85. The fraction of sp³-hybridized carbons (Fsp3) is 0.500. The van der Waals surface area contributed by atoms with E-state index in [1.807, 2.05) is 18.7 Å². The molecule has 5 N–H and O–H groups in total. The molecule has 0 spiro atoms. The molecule has 0 saturated heterocycles. The van der Waals surface area contributed by atoms with Crippen molar-refractivity contribution in [1.82, 2.24) is 10.3 Å². The molecule has 7 heteroatoms. The molecule has 2 amide bonds. The van der Waals surface area contributed by atoms with E-state index in [1.54, 1.807) is 13.0 Å². The number of hydrogen-bond donors (Lipinski definition) is 3. The third-order valence-electron chi connectivity index (χ3n) is 2.79. The third kappa shape index (κ3) is 4.08. The monoisotopic (exact) mass is 268 g/mol. The van der Waals surface area contributed by atoms with Crippen molar-refractivity contribution in [2.24, 2.45) is 11.6 Å². The van der Waals surface area contributed by atoms with Gasteiger partial charge in [0.15, 0.2) is 0 Å². The minimum absolute atomic E-state index is 0.129. The van der Waals surface area contributed by atoms with Crippen LogP contribution in [0.25, 0.3) is 0 Å². The number of carbonyl (C=O) groups excluding carboxylic acids is 2. The van der Waals surface area contributed by atoms with E-state index in [9.17, 15) is 9.59 Å². The van der Waals surface area contributed by atoms with Gasteiger partial charge in [-0.1, -0.05) is 0 Å². The van der Waals surface area contributed by atoms with Crippen molar-refractivity contribution in [3.8, 4) is 0 Å². The Hall–Kier alpha value is -1.86. The molecular formula is C12H20N4O3. The van der Waals surface area contributed by atoms with Gasteiger partial charge in [-0.15, -0.1) is 0 Å². The van der Waals surface area contributed by atoms with Crippen LogP contribution in [0.3, 0.4) is 0 Å². The molecule has 0 aliphatic rings. The van der Waals surface area contributed by atoms with Crippen LogP contribution in [-0.2, 0) is 11.3 Å². The van der Waals surface area contributed by atoms with Crippen LogP contribution in [0.5, 0.6) is 0 Å². The maximum atomic E-state index is 11.5. The van der Waals surface area contributed by atoms with Gasteiger partial charge in [0.1, 0.15) is 11.5 Å². The average molecular weight is 268 g/mol. The molecule has 0 unspecified atom stereocenters. The number of nitrogens with one attached hydrogen (secondary N) is 1. The summed E-state index contributed by atoms with van der Waals surface area (Å²) in [5, 5.41) is 0. The average Bonchev–Trinajstić information content (AvgIpc) is 2.67. The Labute approximate surface area is 111 Å². The second-order valence-electron chi connectivity index (χ2n) is 4.62. The normalized spacial score (nSPS) is 11.1. The van der Waals surface area contributed by atoms with Gasteiger partial charge < -0.3 is 10.2 Å². The molecule has 7 nitrogen and oxygen atoms in total. The standard InChI is InChI=1S/C12H20N4O3/c1-7(2)16(6-11(13)17)5-9-4-10(8(3)19-9)12(18)15-14/h4,7H,5-6,14H2,1-3H3,(H2,13,17)(H,15,18). The fourth-order valence-corrected chi connectivity index (χ4v) is 1.75. The minimum atomic E-state index is -0.406. The lowest BCUT2D eigenvalue weighted by Gasteiger charge is -2.23. The zero-order valence-electron chi connectivity index (χ0n) is 11.4. The molecule has 1 aromatic rings. The van der Waals surface area contributed by atoms with Crippen LogP contribution in [-0.4, -0.2) is 29.3 Å². The summed E-state index contributed by atoms with van der Waals surface area (Å²) in [5.74, 6) is 5.35. The lowest BCUT2D eigenvalue weighted by atomic mass is 10.2. The number of nitrogen functional groups attached to an aromatic ring is 1. The zero-order chi connectivity index (χ0) is 14.6. The Kier molecular flexibility index (Phi) is 5.08. The number of furan rings is 1. The first-order valence-electron chi connectivity index (χ1n) is 5.97. The first-order valence-corrected chi connectivity index (χ1v) is 5.97. The van der Waals surface area contributed by atoms with E-state index in [4.69, 9.17) is 16.0 Å². The molecule has 0 aliphatic carbocycles. The number of hydrogen-bond acceptors (Lipinski definition) is 5. The molecule has 19 heavy (non-hydrogen) atoms. The van der Waals surface area contributed by atoms with Gasteiger partial charge in [0.05, 0.1) is 18.7 Å². The molecule has 1 aromatic heterocycles. The molecule has 1 rings (SSSR count). The molecule has 0 aromatic carbocycles. The second-order valence-corrected chi connectivity index (χ2v) is 4.62. The molecular weight excluding hydrogens is 248 g/mol. The predicted octanol–water partition coefficient (Wildman–Crippen LogP) is -0.113. The van der Waals surface area contributed by atoms with Crippen LogP contribution >= 0.6 is 0 Å². The van der Waals surface area contributed by atoms with Crippen molar-refractivity contribution >= 4 is 11.8 Å². The van der Waals surface area contributed by atoms with Crippen molar-refractivity contribution in [3.05, 3.63) is 23.2 Å². The highest BCUT2D eigenvalue weighted by atomic mass is 16.3. The highest BCUT2D eigenvalue weighted by Crippen LogP contribution is 2.17. The van der Waals surface area contributed by atoms with Gasteiger partial charge in [-0.3, -0.25) is 19.9 Å². The van der Waals surface area contributed by atoms with Crippen molar-refractivity contribution in [2.75, 3.05) is 6.54 Å². The van der Waals surface area contributed by atoms with Crippen LogP contribution in [0.2, 0.25) is 0 Å². The highest BCUT2D eigenvalue weighted by Gasteiger charge is 2.18. The number of amides is 2. The maximum absolute atomic E-state index is 11.5. The van der Waals surface area contributed by atoms with Gasteiger partial charge in [0.2, 0.25) is 5.91 Å². The number of nitrogens with zero attached hydrogens (tertiary/aromatic N) is 1. The Morgan fingerprint density at radius 2 is 2.11 bits per heavy atom. The Bertz CT molecular complexity index is 468. The maximum Gasteiger partial charge on any atom is 0.268 e. The molecule has 0 radical (unpaired) electrons. The largest absolute Gasteiger partial charge is 0.464 e. The second kappa shape index (κ2) is 6.35. The van der Waals surface area contributed by atoms with Gasteiger partial charge in [-0.2, -0.15) is 0 Å². The molecule has 0 fully saturated rings. The van der Waals surface area contributed by atoms with E-state index in [0.717, 1.165) is 0 Å². The van der Waals surface area contributed by atoms with E-state index in [-0.39, 0.29) is 12.6 Å². The van der Waals surface area contributed by atoms with E-state index in [1.165, 1.54) is 0 Å². The first-order chi connectivity index (χ1) is 8.85. The smallest absolute Gasteiger partial charge is 0.268 e. The Morgan fingerprint density at radius 1 is 1.47 bits per heavy atom. The summed E-state index contributed by atoms with van der Waals surface area (Å²) in [7, 11) is 0. The zero-order valence-corrected chi connectivity index (χ0v) is 11.4. The van der Waals surface area contributed by atoms with Crippen molar-refractivity contribution in [3.63, 3.8) is 0 Å². The molecule has 0 saturated carbocycles. The number of rotatable bonds is 6. The van der Waals surface area contributed by atoms with Crippen LogP contribution in [0.1, 0.15) is 35.7 Å². The molecule has 0 atom stereocenters. The topological polar surface area (TPSA) is 115 Å². The summed E-state index contributed by atoms with van der Waals surface area (Å²) in [5.41, 5.74) is 7.64. The first kappa shape index (κ1) is 15.2. The minimum Gasteiger partial charge on any atom is -0.464 e. The number of aryl methyl sites for hydroxylation is 1. The Morgan fingerprint density at radius 3 is 2.58 bits per heavy atom. The summed E-state index contributed by atoms with van der Waals surface area (Å²) >= 11 is 0. The fourth-order valence-electron chi connectivity index (χ4n) is 1.75. The van der Waals surface area contributed by atoms with Crippen LogP contribution in [0.15, 0.2) is 10.5 Å². The number of primary amides is 1. The quantitative estimate of drug-likeness (QED) is 0.378. The van der Waals surface area contributed by atoms with E-state index >= 15 is 0 Å². The summed E-state index contributed by atoms with van der Waals surface area (Å²) in [6.45, 7) is 6.12. The van der Waals surface area contributed by atoms with Gasteiger partial charge >= 0.3 is 0 Å². The third-order valence-corrected chi connectivity index (χ3v) is 2.79. The van der Waals surface area contributed by atoms with Crippen molar-refractivity contribution < 1.29 is 14.0 Å². The molecule has 0 bridgehead atoms. The molecule has 0 aliphatic heterocycles. The van der Waals surface area contributed by atoms with Gasteiger partial charge in [-0.25, -0.2) is 5.84 Å². The number of carbonyl (C=O) groups is 2. The van der Waals surface area contributed by atoms with Gasteiger partial charge in [0, 0.05) is 6.04 Å². The predicted molar refractivity (Wildman–Crippen MR) is 69.8 cm³/mol. The van der Waals surface area contributed by atoms with Crippen LogP contribution < -0.4 is 17.0 Å². The summed E-state index contributed by atoms with van der Waals surface area (Å²) in [6, 6.07) is 1.75. The molecule has 1 heterocycles. The van der Waals surface area contributed by atoms with E-state index < -0.39 is 11.8 Å².